The van der Waals surface area contributed by atoms with Crippen LogP contribution in [-0.4, -0.2) is 21.2 Å². The summed E-state index contributed by atoms with van der Waals surface area (Å²) < 4.78 is 38.5. The van der Waals surface area contributed by atoms with E-state index >= 15 is 0 Å². The van der Waals surface area contributed by atoms with Crippen LogP contribution < -0.4 is 56.9 Å². The van der Waals surface area contributed by atoms with Crippen molar-refractivity contribution in [2.45, 2.75) is 13.4 Å². The Morgan fingerprint density at radius 3 is 2.59 bits per heavy atom. The first-order chi connectivity index (χ1) is 7.37. The normalized spacial score (nSPS) is 11.5. The largest absolute Gasteiger partial charge is 1.00 e. The van der Waals surface area contributed by atoms with E-state index in [1.807, 2.05) is 0 Å². The van der Waals surface area contributed by atoms with Crippen LogP contribution >= 0.6 is 0 Å². The molecular weight excluding hydrogens is 261 g/mol. The SMILES string of the molecule is Cc1cc2c(=O)n(C[B-](F)(F)F)ccn2n1.[K+]. The van der Waals surface area contributed by atoms with Gasteiger partial charge in [0.25, 0.3) is 5.56 Å². The van der Waals surface area contributed by atoms with E-state index in [4.69, 9.17) is 0 Å². The smallest absolute Gasteiger partial charge is 0.448 e. The molecule has 2 rings (SSSR count). The zero-order valence-corrected chi connectivity index (χ0v) is 12.5. The zero-order chi connectivity index (χ0) is 11.9. The van der Waals surface area contributed by atoms with E-state index in [0.717, 1.165) is 6.20 Å². The Morgan fingerprint density at radius 2 is 2.00 bits per heavy atom. The first kappa shape index (κ1) is 15.0. The minimum absolute atomic E-state index is 0. The van der Waals surface area contributed by atoms with Crippen molar-refractivity contribution < 1.29 is 64.3 Å². The molecule has 0 fully saturated rings. The van der Waals surface area contributed by atoms with Crippen molar-refractivity contribution in [3.8, 4) is 0 Å². The topological polar surface area (TPSA) is 39.3 Å². The molecule has 0 unspecified atom stereocenters. The average molecular weight is 269 g/mol. The molecule has 0 saturated heterocycles. The maximum absolute atomic E-state index is 12.2. The van der Waals surface area contributed by atoms with Crippen molar-refractivity contribution in [3.63, 3.8) is 0 Å². The molecule has 0 radical (unpaired) electrons. The summed E-state index contributed by atoms with van der Waals surface area (Å²) in [6.07, 6.45) is 1.21. The Labute approximate surface area is 137 Å². The van der Waals surface area contributed by atoms with Gasteiger partial charge in [-0.2, -0.15) is 5.10 Å². The van der Waals surface area contributed by atoms with Crippen molar-refractivity contribution in [3.05, 3.63) is 34.5 Å². The predicted molar refractivity (Wildman–Crippen MR) is 53.3 cm³/mol. The van der Waals surface area contributed by atoms with Gasteiger partial charge in [0, 0.05) is 12.4 Å². The van der Waals surface area contributed by atoms with Gasteiger partial charge in [0.1, 0.15) is 5.52 Å². The monoisotopic (exact) mass is 269 g/mol. The second-order valence-electron chi connectivity index (χ2n) is 3.58. The van der Waals surface area contributed by atoms with E-state index in [9.17, 15) is 17.7 Å². The molecule has 0 N–H and O–H groups in total. The molecule has 9 heteroatoms. The summed E-state index contributed by atoms with van der Waals surface area (Å²) >= 11 is 0. The van der Waals surface area contributed by atoms with Crippen molar-refractivity contribution >= 4 is 12.5 Å². The quantitative estimate of drug-likeness (QED) is 0.603. The molecule has 0 atom stereocenters. The van der Waals surface area contributed by atoms with Crippen LogP contribution in [0, 0.1) is 6.92 Å². The van der Waals surface area contributed by atoms with Gasteiger partial charge in [-0.25, -0.2) is 4.52 Å². The molecule has 4 nitrogen and oxygen atoms in total. The van der Waals surface area contributed by atoms with Crippen LogP contribution in [-0.2, 0) is 6.44 Å². The van der Waals surface area contributed by atoms with Gasteiger partial charge in [-0.15, -0.1) is 0 Å². The molecule has 2 aromatic rings. The van der Waals surface area contributed by atoms with Gasteiger partial charge in [-0.3, -0.25) is 4.79 Å². The summed E-state index contributed by atoms with van der Waals surface area (Å²) in [5.74, 6) is 0. The average Bonchev–Trinajstić information content (AvgIpc) is 2.50. The number of nitrogens with zero attached hydrogens (tertiary/aromatic N) is 3. The Kier molecular flexibility index (Phi) is 4.64. The molecule has 17 heavy (non-hydrogen) atoms. The summed E-state index contributed by atoms with van der Waals surface area (Å²) in [6.45, 7) is -3.35. The van der Waals surface area contributed by atoms with Gasteiger partial charge in [-0.05, 0) is 19.4 Å². The van der Waals surface area contributed by atoms with Gasteiger partial charge in [0.05, 0.1) is 5.69 Å². The Balaban J connectivity index is 0.00000144. The van der Waals surface area contributed by atoms with Crippen LogP contribution in [0.4, 0.5) is 12.9 Å². The Hall–Kier alpha value is -0.0887. The first-order valence-corrected chi connectivity index (χ1v) is 4.63. The van der Waals surface area contributed by atoms with Crippen molar-refractivity contribution in [2.24, 2.45) is 0 Å². The Morgan fingerprint density at radius 1 is 1.35 bits per heavy atom. The third-order valence-electron chi connectivity index (χ3n) is 2.13. The van der Waals surface area contributed by atoms with Gasteiger partial charge in [-0.1, -0.05) is 0 Å². The number of aryl methyl sites for hydroxylation is 1. The number of halogens is 3. The number of fused-ring (bicyclic) bond motifs is 1. The molecule has 0 aliphatic carbocycles. The van der Waals surface area contributed by atoms with E-state index in [-0.39, 0.29) is 56.9 Å². The molecular formula is C8H8BF3KN3O. The van der Waals surface area contributed by atoms with Crippen LogP contribution in [0.1, 0.15) is 5.69 Å². The molecule has 2 heterocycles. The van der Waals surface area contributed by atoms with E-state index in [1.54, 1.807) is 6.92 Å². The van der Waals surface area contributed by atoms with Crippen molar-refractivity contribution in [1.82, 2.24) is 14.2 Å². The minimum atomic E-state index is -5.02. The molecule has 0 saturated carbocycles. The van der Waals surface area contributed by atoms with Gasteiger partial charge < -0.3 is 17.5 Å². The molecule has 0 aromatic carbocycles. The summed E-state index contributed by atoms with van der Waals surface area (Å²) in [6, 6.07) is 1.46. The first-order valence-electron chi connectivity index (χ1n) is 4.63. The number of hydrogen-bond acceptors (Lipinski definition) is 2. The number of rotatable bonds is 2. The van der Waals surface area contributed by atoms with E-state index in [0.29, 0.717) is 10.3 Å². The Bertz CT molecular complexity index is 592. The third-order valence-corrected chi connectivity index (χ3v) is 2.13. The molecule has 0 spiro atoms. The fourth-order valence-electron chi connectivity index (χ4n) is 1.52. The van der Waals surface area contributed by atoms with Crippen LogP contribution in [0.2, 0.25) is 0 Å². The minimum Gasteiger partial charge on any atom is -0.448 e. The van der Waals surface area contributed by atoms with Crippen molar-refractivity contribution in [2.75, 3.05) is 0 Å². The van der Waals surface area contributed by atoms with E-state index in [2.05, 4.69) is 5.10 Å². The van der Waals surface area contributed by atoms with E-state index < -0.39 is 19.0 Å². The summed E-state index contributed by atoms with van der Waals surface area (Å²) in [5.41, 5.74) is 0.0646. The van der Waals surface area contributed by atoms with Crippen LogP contribution in [0.5, 0.6) is 0 Å². The maximum Gasteiger partial charge on any atom is 1.00 e. The summed E-state index contributed by atoms with van der Waals surface area (Å²) in [4.78, 5) is 11.6. The second kappa shape index (κ2) is 5.27. The number of hydrogen-bond donors (Lipinski definition) is 0. The van der Waals surface area contributed by atoms with Crippen LogP contribution in [0.3, 0.4) is 0 Å². The van der Waals surface area contributed by atoms with Crippen LogP contribution in [0.25, 0.3) is 5.52 Å². The molecule has 2 aromatic heterocycles. The fourth-order valence-corrected chi connectivity index (χ4v) is 1.52. The summed E-state index contributed by atoms with van der Waals surface area (Å²) in [5, 5.41) is 3.94. The van der Waals surface area contributed by atoms with Crippen LogP contribution in [0.15, 0.2) is 23.3 Å². The zero-order valence-electron chi connectivity index (χ0n) is 9.40. The molecule has 0 aliphatic heterocycles. The van der Waals surface area contributed by atoms with Gasteiger partial charge >= 0.3 is 58.4 Å². The standard InChI is InChI=1S/C8H8BF3N3O.K/c1-6-4-7-8(16)14(5-9(10,11)12)2-3-15(7)13-6;/h2-4H,5H2,1H3;/q-1;+1. The van der Waals surface area contributed by atoms with Gasteiger partial charge in [0.2, 0.25) is 0 Å². The predicted octanol–water partition coefficient (Wildman–Crippen LogP) is -1.80. The second-order valence-corrected chi connectivity index (χ2v) is 3.58. The molecule has 0 aliphatic rings. The molecule has 86 valence electrons. The molecule has 0 amide bonds. The van der Waals surface area contributed by atoms with Gasteiger partial charge in [0.15, 0.2) is 0 Å². The third kappa shape index (κ3) is 3.44. The summed E-state index contributed by atoms with van der Waals surface area (Å²) in [7, 11) is 0. The maximum atomic E-state index is 12.2. The number of aromatic nitrogens is 3. The van der Waals surface area contributed by atoms with Crippen molar-refractivity contribution in [1.29, 1.82) is 0 Å². The van der Waals surface area contributed by atoms with E-state index in [1.165, 1.54) is 16.8 Å². The molecule has 0 bridgehead atoms. The fraction of sp³-hybridized carbons (Fsp3) is 0.250.